The van der Waals surface area contributed by atoms with Gasteiger partial charge in [0.25, 0.3) is 5.91 Å². The first-order chi connectivity index (χ1) is 9.69. The molecule has 1 aliphatic carbocycles. The van der Waals surface area contributed by atoms with Gasteiger partial charge in [0.2, 0.25) is 0 Å². The minimum absolute atomic E-state index is 0.0646. The van der Waals surface area contributed by atoms with Crippen LogP contribution in [0, 0.1) is 0 Å². The lowest BCUT2D eigenvalue weighted by Gasteiger charge is -2.34. The van der Waals surface area contributed by atoms with Gasteiger partial charge in [-0.2, -0.15) is 0 Å². The highest BCUT2D eigenvalue weighted by molar-refractivity contribution is 5.95. The summed E-state index contributed by atoms with van der Waals surface area (Å²) >= 11 is 0. The lowest BCUT2D eigenvalue weighted by Crippen LogP contribution is -2.49. The average molecular weight is 275 g/mol. The van der Waals surface area contributed by atoms with Gasteiger partial charge < -0.3 is 15.4 Å². The summed E-state index contributed by atoms with van der Waals surface area (Å²) in [5, 5.41) is 0. The van der Waals surface area contributed by atoms with Crippen LogP contribution in [0.5, 0.6) is 5.75 Å². The Morgan fingerprint density at radius 3 is 2.50 bits per heavy atom. The van der Waals surface area contributed by atoms with Crippen LogP contribution in [0.15, 0.2) is 18.2 Å². The highest BCUT2D eigenvalue weighted by Gasteiger charge is 2.32. The summed E-state index contributed by atoms with van der Waals surface area (Å²) in [5.41, 5.74) is 7.02. The van der Waals surface area contributed by atoms with E-state index in [-0.39, 0.29) is 5.91 Å². The molecule has 2 fully saturated rings. The Labute approximate surface area is 119 Å². The molecule has 5 heteroatoms. The zero-order valence-electron chi connectivity index (χ0n) is 11.8. The number of ether oxygens (including phenoxy) is 1. The molecule has 2 N–H and O–H groups in total. The summed E-state index contributed by atoms with van der Waals surface area (Å²) < 4.78 is 5.12. The van der Waals surface area contributed by atoms with E-state index in [1.165, 1.54) is 12.8 Å². The Morgan fingerprint density at radius 2 is 1.95 bits per heavy atom. The van der Waals surface area contributed by atoms with E-state index < -0.39 is 0 Å². The maximum atomic E-state index is 12.5. The summed E-state index contributed by atoms with van der Waals surface area (Å²) in [7, 11) is 1.57. The fourth-order valence-corrected chi connectivity index (χ4v) is 2.78. The fraction of sp³-hybridized carbons (Fsp3) is 0.533. The largest absolute Gasteiger partial charge is 0.495 e. The number of carbonyl (C=O) groups excluding carboxylic acids is 1. The molecule has 1 saturated carbocycles. The topological polar surface area (TPSA) is 58.8 Å². The third-order valence-electron chi connectivity index (χ3n) is 4.14. The Kier molecular flexibility index (Phi) is 3.53. The van der Waals surface area contributed by atoms with E-state index in [0.29, 0.717) is 17.0 Å². The number of nitrogen functional groups attached to an aromatic ring is 1. The van der Waals surface area contributed by atoms with E-state index in [1.807, 2.05) is 4.90 Å². The van der Waals surface area contributed by atoms with Crippen LogP contribution in [0.4, 0.5) is 5.69 Å². The third-order valence-corrected chi connectivity index (χ3v) is 4.14. The minimum Gasteiger partial charge on any atom is -0.495 e. The molecule has 2 aliphatic rings. The van der Waals surface area contributed by atoms with Crippen molar-refractivity contribution in [3.8, 4) is 5.75 Å². The van der Waals surface area contributed by atoms with E-state index in [4.69, 9.17) is 10.5 Å². The quantitative estimate of drug-likeness (QED) is 0.842. The molecular formula is C15H21N3O2. The van der Waals surface area contributed by atoms with Gasteiger partial charge in [-0.3, -0.25) is 9.69 Å². The van der Waals surface area contributed by atoms with Gasteiger partial charge in [0.05, 0.1) is 12.8 Å². The van der Waals surface area contributed by atoms with Gasteiger partial charge in [-0.25, -0.2) is 0 Å². The van der Waals surface area contributed by atoms with Gasteiger partial charge in [0.15, 0.2) is 0 Å². The van der Waals surface area contributed by atoms with Gasteiger partial charge >= 0.3 is 0 Å². The zero-order valence-corrected chi connectivity index (χ0v) is 11.8. The molecule has 0 unspecified atom stereocenters. The first kappa shape index (κ1) is 13.2. The van der Waals surface area contributed by atoms with Crippen molar-refractivity contribution in [3.05, 3.63) is 23.8 Å². The molecule has 0 aromatic heterocycles. The summed E-state index contributed by atoms with van der Waals surface area (Å²) in [5.74, 6) is 0.676. The molecule has 3 rings (SSSR count). The molecule has 1 amide bonds. The van der Waals surface area contributed by atoms with Crippen molar-refractivity contribution in [1.82, 2.24) is 9.80 Å². The van der Waals surface area contributed by atoms with E-state index in [1.54, 1.807) is 25.3 Å². The lowest BCUT2D eigenvalue weighted by molar-refractivity contribution is 0.0627. The number of nitrogens with two attached hydrogens (primary N) is 1. The Bertz CT molecular complexity index is 506. The molecule has 0 bridgehead atoms. The SMILES string of the molecule is COc1ccc(C(=O)N2CCN(C3CC3)CC2)cc1N. The maximum absolute atomic E-state index is 12.5. The van der Waals surface area contributed by atoms with Crippen molar-refractivity contribution < 1.29 is 9.53 Å². The van der Waals surface area contributed by atoms with Crippen LogP contribution in [-0.4, -0.2) is 55.0 Å². The minimum atomic E-state index is 0.0646. The van der Waals surface area contributed by atoms with Crippen molar-refractivity contribution in [1.29, 1.82) is 0 Å². The van der Waals surface area contributed by atoms with Gasteiger partial charge in [-0.1, -0.05) is 0 Å². The molecule has 1 aliphatic heterocycles. The third kappa shape index (κ3) is 2.58. The average Bonchev–Trinajstić information content (AvgIpc) is 3.31. The number of benzene rings is 1. The van der Waals surface area contributed by atoms with Gasteiger partial charge in [-0.15, -0.1) is 0 Å². The first-order valence-corrected chi connectivity index (χ1v) is 7.16. The van der Waals surface area contributed by atoms with Crippen LogP contribution in [0.1, 0.15) is 23.2 Å². The van der Waals surface area contributed by atoms with Crippen molar-refractivity contribution >= 4 is 11.6 Å². The summed E-state index contributed by atoms with van der Waals surface area (Å²) in [4.78, 5) is 16.9. The van der Waals surface area contributed by atoms with Crippen LogP contribution in [0.2, 0.25) is 0 Å². The smallest absolute Gasteiger partial charge is 0.254 e. The van der Waals surface area contributed by atoms with E-state index >= 15 is 0 Å². The second-order valence-corrected chi connectivity index (χ2v) is 5.52. The van der Waals surface area contributed by atoms with Gasteiger partial charge in [-0.05, 0) is 31.0 Å². The summed E-state index contributed by atoms with van der Waals surface area (Å²) in [6.45, 7) is 3.59. The van der Waals surface area contributed by atoms with Gasteiger partial charge in [0.1, 0.15) is 5.75 Å². The molecule has 20 heavy (non-hydrogen) atoms. The Hall–Kier alpha value is -1.75. The molecular weight excluding hydrogens is 254 g/mol. The monoisotopic (exact) mass is 275 g/mol. The van der Waals surface area contributed by atoms with Crippen LogP contribution in [0.3, 0.4) is 0 Å². The van der Waals surface area contributed by atoms with Crippen LogP contribution < -0.4 is 10.5 Å². The molecule has 0 radical (unpaired) electrons. The van der Waals surface area contributed by atoms with Crippen molar-refractivity contribution in [2.75, 3.05) is 39.0 Å². The molecule has 0 atom stereocenters. The predicted molar refractivity (Wildman–Crippen MR) is 77.9 cm³/mol. The summed E-state index contributed by atoms with van der Waals surface area (Å²) in [6.07, 6.45) is 2.64. The second-order valence-electron chi connectivity index (χ2n) is 5.52. The highest BCUT2D eigenvalue weighted by Crippen LogP contribution is 2.28. The number of piperazine rings is 1. The van der Waals surface area contributed by atoms with Crippen molar-refractivity contribution in [2.24, 2.45) is 0 Å². The zero-order chi connectivity index (χ0) is 14.1. The number of anilines is 1. The molecule has 5 nitrogen and oxygen atoms in total. The van der Waals surface area contributed by atoms with Crippen LogP contribution in [-0.2, 0) is 0 Å². The maximum Gasteiger partial charge on any atom is 0.254 e. The van der Waals surface area contributed by atoms with Gasteiger partial charge in [0, 0.05) is 37.8 Å². The van der Waals surface area contributed by atoms with E-state index in [9.17, 15) is 4.79 Å². The molecule has 1 aromatic carbocycles. The molecule has 1 heterocycles. The number of hydrogen-bond donors (Lipinski definition) is 1. The van der Waals surface area contributed by atoms with Crippen molar-refractivity contribution in [2.45, 2.75) is 18.9 Å². The summed E-state index contributed by atoms with van der Waals surface area (Å²) in [6, 6.07) is 6.02. The number of hydrogen-bond acceptors (Lipinski definition) is 4. The normalized spacial score (nSPS) is 19.9. The van der Waals surface area contributed by atoms with Crippen molar-refractivity contribution in [3.63, 3.8) is 0 Å². The molecule has 108 valence electrons. The lowest BCUT2D eigenvalue weighted by atomic mass is 10.1. The fourth-order valence-electron chi connectivity index (χ4n) is 2.78. The van der Waals surface area contributed by atoms with Crippen LogP contribution >= 0.6 is 0 Å². The number of methoxy groups -OCH3 is 1. The molecule has 1 saturated heterocycles. The molecule has 1 aromatic rings. The highest BCUT2D eigenvalue weighted by atomic mass is 16.5. The van der Waals surface area contributed by atoms with E-state index in [2.05, 4.69) is 4.90 Å². The Morgan fingerprint density at radius 1 is 1.25 bits per heavy atom. The number of amides is 1. The van der Waals surface area contributed by atoms with Crippen LogP contribution in [0.25, 0.3) is 0 Å². The standard InChI is InChI=1S/C15H21N3O2/c1-20-14-5-2-11(10-13(14)16)15(19)18-8-6-17(7-9-18)12-3-4-12/h2,5,10,12H,3-4,6-9,16H2,1H3. The molecule has 0 spiro atoms. The number of carbonyl (C=O) groups is 1. The second kappa shape index (κ2) is 5.32. The van der Waals surface area contributed by atoms with E-state index in [0.717, 1.165) is 32.2 Å². The number of rotatable bonds is 3. The number of nitrogens with zero attached hydrogens (tertiary/aromatic N) is 2. The predicted octanol–water partition coefficient (Wildman–Crippen LogP) is 1.20. The Balaban J connectivity index is 1.65. The first-order valence-electron chi connectivity index (χ1n) is 7.16.